The second-order valence-electron chi connectivity index (χ2n) is 5.66. The van der Waals surface area contributed by atoms with Crippen molar-refractivity contribution in [3.8, 4) is 0 Å². The van der Waals surface area contributed by atoms with Gasteiger partial charge in [0.1, 0.15) is 0 Å². The van der Waals surface area contributed by atoms with Crippen LogP contribution in [-0.2, 0) is 0 Å². The zero-order chi connectivity index (χ0) is 12.3. The van der Waals surface area contributed by atoms with Gasteiger partial charge in [0.25, 0.3) is 0 Å². The fraction of sp³-hybridized carbons (Fsp3) is 0.571. The molecule has 2 heteroatoms. The van der Waals surface area contributed by atoms with Crippen molar-refractivity contribution in [3.05, 3.63) is 34.9 Å². The number of hydrogen-bond acceptors (Lipinski definition) is 1. The lowest BCUT2D eigenvalue weighted by molar-refractivity contribution is 0.234. The van der Waals surface area contributed by atoms with Crippen LogP contribution in [0.4, 0.5) is 0 Å². The van der Waals surface area contributed by atoms with Crippen molar-refractivity contribution in [2.75, 3.05) is 0 Å². The summed E-state index contributed by atoms with van der Waals surface area (Å²) in [4.78, 5) is 0. The Balaban J connectivity index is 2.65. The molecule has 16 heavy (non-hydrogen) atoms. The average Bonchev–Trinajstić information content (AvgIpc) is 2.17. The van der Waals surface area contributed by atoms with Crippen LogP contribution in [0.2, 0.25) is 5.02 Å². The molecule has 2 unspecified atom stereocenters. The SMILES string of the molecule is CC(CC(N)c1ccc(Cl)cc1)C(C)(C)C. The molecule has 0 spiro atoms. The standard InChI is InChI=1S/C14H22ClN/c1-10(14(2,3)4)9-13(16)11-5-7-12(15)8-6-11/h5-8,10,13H,9,16H2,1-4H3. The zero-order valence-corrected chi connectivity index (χ0v) is 11.4. The third-order valence-electron chi connectivity index (χ3n) is 3.38. The second kappa shape index (κ2) is 5.20. The fourth-order valence-electron chi connectivity index (χ4n) is 1.58. The van der Waals surface area contributed by atoms with Gasteiger partial charge in [-0.15, -0.1) is 0 Å². The predicted octanol–water partition coefficient (Wildman–Crippen LogP) is 4.41. The van der Waals surface area contributed by atoms with Crippen molar-refractivity contribution < 1.29 is 0 Å². The molecule has 0 saturated carbocycles. The van der Waals surface area contributed by atoms with Gasteiger partial charge in [0, 0.05) is 11.1 Å². The van der Waals surface area contributed by atoms with Gasteiger partial charge in [-0.3, -0.25) is 0 Å². The Morgan fingerprint density at radius 1 is 1.19 bits per heavy atom. The van der Waals surface area contributed by atoms with E-state index in [1.807, 2.05) is 24.3 Å². The first-order valence-electron chi connectivity index (χ1n) is 5.81. The molecule has 0 aliphatic carbocycles. The van der Waals surface area contributed by atoms with Crippen LogP contribution in [0.3, 0.4) is 0 Å². The van der Waals surface area contributed by atoms with Crippen LogP contribution < -0.4 is 5.73 Å². The zero-order valence-electron chi connectivity index (χ0n) is 10.6. The van der Waals surface area contributed by atoms with E-state index in [-0.39, 0.29) is 6.04 Å². The van der Waals surface area contributed by atoms with Gasteiger partial charge in [0.05, 0.1) is 0 Å². The van der Waals surface area contributed by atoms with Crippen LogP contribution in [0.5, 0.6) is 0 Å². The fourth-order valence-corrected chi connectivity index (χ4v) is 1.71. The molecular weight excluding hydrogens is 218 g/mol. The number of benzene rings is 1. The molecule has 0 heterocycles. The van der Waals surface area contributed by atoms with Gasteiger partial charge in [-0.05, 0) is 35.4 Å². The summed E-state index contributed by atoms with van der Waals surface area (Å²) in [6.45, 7) is 9.03. The van der Waals surface area contributed by atoms with Crippen molar-refractivity contribution in [2.24, 2.45) is 17.1 Å². The molecule has 90 valence electrons. The number of hydrogen-bond donors (Lipinski definition) is 1. The minimum atomic E-state index is 0.103. The maximum Gasteiger partial charge on any atom is 0.0406 e. The highest BCUT2D eigenvalue weighted by molar-refractivity contribution is 6.30. The predicted molar refractivity (Wildman–Crippen MR) is 71.6 cm³/mol. The lowest BCUT2D eigenvalue weighted by Crippen LogP contribution is -2.23. The van der Waals surface area contributed by atoms with E-state index in [2.05, 4.69) is 27.7 Å². The Morgan fingerprint density at radius 2 is 1.69 bits per heavy atom. The molecule has 1 aromatic carbocycles. The lowest BCUT2D eigenvalue weighted by Gasteiger charge is -2.29. The van der Waals surface area contributed by atoms with Crippen LogP contribution in [0, 0.1) is 11.3 Å². The van der Waals surface area contributed by atoms with Gasteiger partial charge in [0.15, 0.2) is 0 Å². The molecule has 1 rings (SSSR count). The molecule has 0 aliphatic heterocycles. The third kappa shape index (κ3) is 3.80. The average molecular weight is 240 g/mol. The minimum absolute atomic E-state index is 0.103. The molecule has 1 aromatic rings. The molecule has 0 saturated heterocycles. The summed E-state index contributed by atoms with van der Waals surface area (Å²) in [6.07, 6.45) is 1.01. The highest BCUT2D eigenvalue weighted by atomic mass is 35.5. The summed E-state index contributed by atoms with van der Waals surface area (Å²) in [5.41, 5.74) is 7.68. The van der Waals surface area contributed by atoms with Gasteiger partial charge < -0.3 is 5.73 Å². The molecule has 0 bridgehead atoms. The van der Waals surface area contributed by atoms with E-state index < -0.39 is 0 Å². The topological polar surface area (TPSA) is 26.0 Å². The summed E-state index contributed by atoms with van der Waals surface area (Å²) in [6, 6.07) is 7.94. The molecule has 0 amide bonds. The Morgan fingerprint density at radius 3 is 2.12 bits per heavy atom. The van der Waals surface area contributed by atoms with Gasteiger partial charge in [-0.1, -0.05) is 51.4 Å². The minimum Gasteiger partial charge on any atom is -0.324 e. The summed E-state index contributed by atoms with van der Waals surface area (Å²) in [5, 5.41) is 0.764. The van der Waals surface area contributed by atoms with Crippen LogP contribution in [0.15, 0.2) is 24.3 Å². The van der Waals surface area contributed by atoms with E-state index in [0.717, 1.165) is 11.4 Å². The maximum atomic E-state index is 6.20. The molecule has 2 N–H and O–H groups in total. The lowest BCUT2D eigenvalue weighted by atomic mass is 9.78. The normalized spacial score (nSPS) is 15.9. The van der Waals surface area contributed by atoms with Gasteiger partial charge >= 0.3 is 0 Å². The second-order valence-corrected chi connectivity index (χ2v) is 6.10. The first kappa shape index (κ1) is 13.5. The number of nitrogens with two attached hydrogens (primary N) is 1. The van der Waals surface area contributed by atoms with Crippen molar-refractivity contribution in [2.45, 2.75) is 40.2 Å². The van der Waals surface area contributed by atoms with Crippen LogP contribution in [0.1, 0.15) is 45.7 Å². The maximum absolute atomic E-state index is 6.20. The Hall–Kier alpha value is -0.530. The monoisotopic (exact) mass is 239 g/mol. The molecule has 0 aromatic heterocycles. The smallest absolute Gasteiger partial charge is 0.0406 e. The van der Waals surface area contributed by atoms with Crippen molar-refractivity contribution in [3.63, 3.8) is 0 Å². The van der Waals surface area contributed by atoms with E-state index in [9.17, 15) is 0 Å². The quantitative estimate of drug-likeness (QED) is 0.831. The summed E-state index contributed by atoms with van der Waals surface area (Å²) >= 11 is 5.85. The van der Waals surface area contributed by atoms with Gasteiger partial charge in [0.2, 0.25) is 0 Å². The summed E-state index contributed by atoms with van der Waals surface area (Å²) in [7, 11) is 0. The highest BCUT2D eigenvalue weighted by Gasteiger charge is 2.22. The largest absolute Gasteiger partial charge is 0.324 e. The van der Waals surface area contributed by atoms with Gasteiger partial charge in [-0.25, -0.2) is 0 Å². The van der Waals surface area contributed by atoms with Crippen molar-refractivity contribution in [1.29, 1.82) is 0 Å². The number of rotatable bonds is 3. The van der Waals surface area contributed by atoms with Crippen LogP contribution in [-0.4, -0.2) is 0 Å². The highest BCUT2D eigenvalue weighted by Crippen LogP contribution is 2.32. The van der Waals surface area contributed by atoms with Crippen LogP contribution >= 0.6 is 11.6 Å². The Bertz CT molecular complexity index is 324. The van der Waals surface area contributed by atoms with Crippen molar-refractivity contribution >= 4 is 11.6 Å². The van der Waals surface area contributed by atoms with E-state index in [0.29, 0.717) is 11.3 Å². The first-order chi connectivity index (χ1) is 7.30. The van der Waals surface area contributed by atoms with E-state index in [1.54, 1.807) is 0 Å². The summed E-state index contributed by atoms with van der Waals surface area (Å²) < 4.78 is 0. The molecular formula is C14H22ClN. The van der Waals surface area contributed by atoms with Gasteiger partial charge in [-0.2, -0.15) is 0 Å². The van der Waals surface area contributed by atoms with E-state index in [4.69, 9.17) is 17.3 Å². The first-order valence-corrected chi connectivity index (χ1v) is 6.19. The Kier molecular flexibility index (Phi) is 4.40. The molecule has 0 fully saturated rings. The Labute approximate surface area is 104 Å². The van der Waals surface area contributed by atoms with Crippen LogP contribution in [0.25, 0.3) is 0 Å². The molecule has 1 nitrogen and oxygen atoms in total. The molecule has 0 aliphatic rings. The molecule has 2 atom stereocenters. The summed E-state index contributed by atoms with van der Waals surface area (Å²) in [5.74, 6) is 0.596. The van der Waals surface area contributed by atoms with E-state index >= 15 is 0 Å². The molecule has 0 radical (unpaired) electrons. The number of halogens is 1. The van der Waals surface area contributed by atoms with Crippen molar-refractivity contribution in [1.82, 2.24) is 0 Å². The van der Waals surface area contributed by atoms with E-state index in [1.165, 1.54) is 5.56 Å². The third-order valence-corrected chi connectivity index (χ3v) is 3.64.